The van der Waals surface area contributed by atoms with Gasteiger partial charge in [-0.2, -0.15) is 19.1 Å². The summed E-state index contributed by atoms with van der Waals surface area (Å²) in [7, 11) is 9.87. The van der Waals surface area contributed by atoms with Gasteiger partial charge in [0.2, 0.25) is 0 Å². The molecule has 0 nitrogen and oxygen atoms in total. The van der Waals surface area contributed by atoms with Crippen LogP contribution < -0.4 is 0 Å². The third-order valence-electron chi connectivity index (χ3n) is 7.63. The Morgan fingerprint density at radius 1 is 0.578 bits per heavy atom. The molecule has 0 radical (unpaired) electrons. The summed E-state index contributed by atoms with van der Waals surface area (Å²) in [5, 5.41) is 5.48. The van der Waals surface area contributed by atoms with Gasteiger partial charge in [-0.25, -0.2) is 0 Å². The van der Waals surface area contributed by atoms with E-state index in [2.05, 4.69) is 158 Å². The number of hydrogen-bond donors (Lipinski definition) is 0. The van der Waals surface area contributed by atoms with E-state index in [0.717, 1.165) is 12.8 Å². The van der Waals surface area contributed by atoms with Crippen molar-refractivity contribution in [3.8, 4) is 22.3 Å². The molecule has 6 rings (SSSR count). The van der Waals surface area contributed by atoms with Crippen molar-refractivity contribution >= 4 is 38.6 Å². The first-order valence-corrected chi connectivity index (χ1v) is 22.2. The van der Waals surface area contributed by atoms with Gasteiger partial charge in [-0.3, -0.25) is 0 Å². The van der Waals surface area contributed by atoms with Gasteiger partial charge >= 0.3 is 37.9 Å². The number of benzene rings is 4. The number of aryl methyl sites for hydroxylation is 2. The van der Waals surface area contributed by atoms with Crippen LogP contribution in [-0.2, 0) is 33.7 Å². The Morgan fingerprint density at radius 2 is 0.911 bits per heavy atom. The fourth-order valence-corrected chi connectivity index (χ4v) is 5.74. The first-order valence-electron chi connectivity index (χ1n) is 15.9. The van der Waals surface area contributed by atoms with Gasteiger partial charge in [-0.15, -0.1) is 69.1 Å². The molecular formula is C42H47Cl2Zr-3. The predicted molar refractivity (Wildman–Crippen MR) is 199 cm³/mol. The van der Waals surface area contributed by atoms with Gasteiger partial charge in [-0.1, -0.05) is 111 Å². The Kier molecular flexibility index (Phi) is 15.3. The van der Waals surface area contributed by atoms with E-state index >= 15 is 0 Å². The molecule has 0 aromatic heterocycles. The van der Waals surface area contributed by atoms with Crippen molar-refractivity contribution in [3.05, 3.63) is 138 Å². The molecule has 0 fully saturated rings. The van der Waals surface area contributed by atoms with Crippen molar-refractivity contribution < 1.29 is 20.8 Å². The molecule has 0 spiro atoms. The molecule has 0 unspecified atom stereocenters. The van der Waals surface area contributed by atoms with E-state index in [1.165, 1.54) is 66.1 Å². The van der Waals surface area contributed by atoms with E-state index in [0.29, 0.717) is 11.8 Å². The summed E-state index contributed by atoms with van der Waals surface area (Å²) in [6.45, 7) is 18.4. The predicted octanol–water partition coefficient (Wildman–Crippen LogP) is 13.7. The SMILES string of the molecule is Cc1ccc(-c2cccc3[cH-]c(CC(C)C)cc23)cc1.Cc1ccc(-c2cccc3[cH-]c(CC(C)C)cc23)cc1.[CH2-]C.[Cl][Zr][Cl]. The van der Waals surface area contributed by atoms with Crippen LogP contribution in [-0.4, -0.2) is 0 Å². The maximum absolute atomic E-state index is 4.93. The number of rotatable bonds is 6. The number of fused-ring (bicyclic) bond motifs is 2. The third kappa shape index (κ3) is 10.8. The zero-order valence-corrected chi connectivity index (χ0v) is 31.9. The van der Waals surface area contributed by atoms with Crippen molar-refractivity contribution in [1.82, 2.24) is 0 Å². The molecule has 0 atom stereocenters. The summed E-state index contributed by atoms with van der Waals surface area (Å²) in [5.74, 6) is 1.41. The summed E-state index contributed by atoms with van der Waals surface area (Å²) in [4.78, 5) is 0. The van der Waals surface area contributed by atoms with Crippen molar-refractivity contribution in [2.75, 3.05) is 0 Å². The van der Waals surface area contributed by atoms with Crippen LogP contribution in [0.15, 0.2) is 109 Å². The third-order valence-corrected chi connectivity index (χ3v) is 7.63. The molecule has 236 valence electrons. The van der Waals surface area contributed by atoms with Crippen LogP contribution >= 0.6 is 17.0 Å². The molecule has 3 heteroatoms. The molecule has 0 saturated heterocycles. The van der Waals surface area contributed by atoms with Gasteiger partial charge in [0.15, 0.2) is 0 Å². The summed E-state index contributed by atoms with van der Waals surface area (Å²) in [6, 6.07) is 40.3. The normalized spacial score (nSPS) is 10.6. The van der Waals surface area contributed by atoms with Crippen LogP contribution in [0.2, 0.25) is 0 Å². The summed E-state index contributed by atoms with van der Waals surface area (Å²) >= 11 is -0.826. The monoisotopic (exact) mass is 711 g/mol. The summed E-state index contributed by atoms with van der Waals surface area (Å²) in [5.41, 5.74) is 10.8. The van der Waals surface area contributed by atoms with E-state index < -0.39 is 20.8 Å². The molecule has 0 heterocycles. The van der Waals surface area contributed by atoms with Crippen LogP contribution in [0.25, 0.3) is 43.8 Å². The molecule has 0 amide bonds. The first kappa shape index (κ1) is 37.0. The van der Waals surface area contributed by atoms with Crippen LogP contribution in [0.3, 0.4) is 0 Å². The average molecular weight is 714 g/mol. The van der Waals surface area contributed by atoms with Gasteiger partial charge in [0.1, 0.15) is 0 Å². The minimum atomic E-state index is -0.826. The Bertz CT molecular complexity index is 1590. The van der Waals surface area contributed by atoms with E-state index in [4.69, 9.17) is 17.0 Å². The Labute approximate surface area is 291 Å². The minimum absolute atomic E-state index is 0.703. The summed E-state index contributed by atoms with van der Waals surface area (Å²) < 4.78 is 0. The van der Waals surface area contributed by atoms with Crippen LogP contribution in [0.5, 0.6) is 0 Å². The topological polar surface area (TPSA) is 0 Å². The molecule has 0 aliphatic rings. The standard InChI is InChI=1S/2C20H21.C2H5.2ClH.Zr/c2*1-14(2)11-16-12-18-5-4-6-19(20(18)13-16)17-9-7-15(3)8-10-17;1-2;;;/h2*4-10,12-14H,11H2,1-3H3;1H2,2H3;2*1H;/q3*-1;;;+2/p-2. The van der Waals surface area contributed by atoms with Gasteiger partial charge in [0.25, 0.3) is 0 Å². The molecule has 6 aromatic rings. The maximum atomic E-state index is 4.93. The number of hydrogen-bond acceptors (Lipinski definition) is 0. The van der Waals surface area contributed by atoms with E-state index in [9.17, 15) is 0 Å². The van der Waals surface area contributed by atoms with Crippen molar-refractivity contribution in [2.45, 2.75) is 61.3 Å². The molecule has 0 aliphatic heterocycles. The molecular weight excluding hydrogens is 667 g/mol. The number of halogens is 2. The molecule has 6 aromatic carbocycles. The van der Waals surface area contributed by atoms with Crippen LogP contribution in [0, 0.1) is 32.6 Å². The van der Waals surface area contributed by atoms with E-state index in [-0.39, 0.29) is 0 Å². The molecule has 0 saturated carbocycles. The fraction of sp³-hybridized carbons (Fsp3) is 0.262. The molecule has 0 bridgehead atoms. The van der Waals surface area contributed by atoms with Gasteiger partial charge in [-0.05, 0) is 49.7 Å². The van der Waals surface area contributed by atoms with E-state index in [1.54, 1.807) is 6.92 Å². The van der Waals surface area contributed by atoms with Crippen LogP contribution in [0.1, 0.15) is 56.9 Å². The van der Waals surface area contributed by atoms with Gasteiger partial charge < -0.3 is 6.92 Å². The first-order chi connectivity index (χ1) is 21.7. The van der Waals surface area contributed by atoms with E-state index in [1.807, 2.05) is 0 Å². The summed E-state index contributed by atoms with van der Waals surface area (Å²) in [6.07, 6.45) is 2.31. The second kappa shape index (κ2) is 18.6. The Morgan fingerprint density at radius 3 is 1.22 bits per heavy atom. The second-order valence-corrected chi connectivity index (χ2v) is 16.1. The molecule has 0 aliphatic carbocycles. The Hall–Kier alpha value is -2.44. The van der Waals surface area contributed by atoms with Crippen molar-refractivity contribution in [3.63, 3.8) is 0 Å². The zero-order chi connectivity index (χ0) is 32.9. The quantitative estimate of drug-likeness (QED) is 0.151. The molecule has 45 heavy (non-hydrogen) atoms. The van der Waals surface area contributed by atoms with Crippen molar-refractivity contribution in [2.24, 2.45) is 11.8 Å². The molecule has 0 N–H and O–H groups in total. The Balaban J connectivity index is 0.000000215. The second-order valence-electron chi connectivity index (χ2n) is 12.3. The van der Waals surface area contributed by atoms with Gasteiger partial charge in [0, 0.05) is 0 Å². The average Bonchev–Trinajstić information content (AvgIpc) is 3.62. The van der Waals surface area contributed by atoms with Gasteiger partial charge in [0.05, 0.1) is 0 Å². The zero-order valence-electron chi connectivity index (χ0n) is 27.9. The van der Waals surface area contributed by atoms with Crippen LogP contribution in [0.4, 0.5) is 0 Å². The fourth-order valence-electron chi connectivity index (χ4n) is 5.74. The van der Waals surface area contributed by atoms with Crippen molar-refractivity contribution in [1.29, 1.82) is 0 Å².